The van der Waals surface area contributed by atoms with Crippen LogP contribution >= 0.6 is 11.6 Å². The lowest BCUT2D eigenvalue weighted by molar-refractivity contribution is 0.107. The Morgan fingerprint density at radius 3 is 2.67 bits per heavy atom. The molecular formula is C9H5ClF2N2O. The molecule has 15 heavy (non-hydrogen) atoms. The molecule has 1 aromatic rings. The minimum atomic E-state index is -2.80. The number of nitriles is 1. The fraction of sp³-hybridized carbons (Fsp3) is 0.222. The Morgan fingerprint density at radius 1 is 1.67 bits per heavy atom. The molecule has 1 rings (SSSR count). The average Bonchev–Trinajstić information content (AvgIpc) is 2.15. The van der Waals surface area contributed by atoms with Gasteiger partial charge in [0.15, 0.2) is 0 Å². The molecule has 1 heterocycles. The number of alkyl halides is 2. The van der Waals surface area contributed by atoms with E-state index in [1.807, 2.05) is 0 Å². The van der Waals surface area contributed by atoms with Crippen molar-refractivity contribution in [2.24, 2.45) is 0 Å². The summed E-state index contributed by atoms with van der Waals surface area (Å²) >= 11 is 5.14. The normalized spacial score (nSPS) is 10.1. The number of aryl methyl sites for hydroxylation is 1. The number of carbonyl (C=O) groups excluding carboxylic acids is 1. The van der Waals surface area contributed by atoms with E-state index in [0.717, 1.165) is 6.07 Å². The molecule has 0 amide bonds. The van der Waals surface area contributed by atoms with Crippen molar-refractivity contribution >= 4 is 16.8 Å². The average molecular weight is 231 g/mol. The van der Waals surface area contributed by atoms with Crippen molar-refractivity contribution in [3.05, 3.63) is 28.6 Å². The topological polar surface area (TPSA) is 53.8 Å². The summed E-state index contributed by atoms with van der Waals surface area (Å²) in [7, 11) is 0. The molecule has 0 atom stereocenters. The number of aromatic nitrogens is 1. The van der Waals surface area contributed by atoms with Gasteiger partial charge in [-0.1, -0.05) is 0 Å². The SMILES string of the molecule is Cc1nc(C(=O)Cl)cc(C#N)c1C(F)F. The highest BCUT2D eigenvalue weighted by Crippen LogP contribution is 2.25. The van der Waals surface area contributed by atoms with E-state index in [1.165, 1.54) is 6.92 Å². The maximum atomic E-state index is 12.5. The molecule has 0 aliphatic heterocycles. The molecule has 0 radical (unpaired) electrons. The van der Waals surface area contributed by atoms with E-state index >= 15 is 0 Å². The van der Waals surface area contributed by atoms with E-state index in [9.17, 15) is 13.6 Å². The van der Waals surface area contributed by atoms with Gasteiger partial charge in [0.1, 0.15) is 5.69 Å². The molecule has 1 aromatic heterocycles. The molecule has 0 N–H and O–H groups in total. The molecule has 0 unspecified atom stereocenters. The third-order valence-electron chi connectivity index (χ3n) is 1.79. The van der Waals surface area contributed by atoms with Crippen molar-refractivity contribution in [2.45, 2.75) is 13.3 Å². The fourth-order valence-electron chi connectivity index (χ4n) is 1.15. The third-order valence-corrected chi connectivity index (χ3v) is 1.98. The smallest absolute Gasteiger partial charge is 0.270 e. The summed E-state index contributed by atoms with van der Waals surface area (Å²) in [5.41, 5.74) is -0.996. The number of carbonyl (C=O) groups is 1. The summed E-state index contributed by atoms with van der Waals surface area (Å²) < 4.78 is 25.0. The number of pyridine rings is 1. The number of rotatable bonds is 2. The van der Waals surface area contributed by atoms with E-state index in [0.29, 0.717) is 0 Å². The quantitative estimate of drug-likeness (QED) is 0.734. The molecule has 0 bridgehead atoms. The molecule has 0 fully saturated rings. The van der Waals surface area contributed by atoms with Gasteiger partial charge in [-0.05, 0) is 24.6 Å². The fourth-order valence-corrected chi connectivity index (χ4v) is 1.25. The summed E-state index contributed by atoms with van der Waals surface area (Å²) in [6, 6.07) is 2.54. The van der Waals surface area contributed by atoms with Crippen LogP contribution in [0.15, 0.2) is 6.07 Å². The van der Waals surface area contributed by atoms with Gasteiger partial charge >= 0.3 is 0 Å². The molecule has 0 spiro atoms. The van der Waals surface area contributed by atoms with Crippen LogP contribution < -0.4 is 0 Å². The van der Waals surface area contributed by atoms with Gasteiger partial charge in [-0.25, -0.2) is 13.8 Å². The second-order valence-corrected chi connectivity index (χ2v) is 3.08. The largest absolute Gasteiger partial charge is 0.274 e. The van der Waals surface area contributed by atoms with Crippen LogP contribution in [0.1, 0.15) is 33.7 Å². The zero-order chi connectivity index (χ0) is 11.6. The second kappa shape index (κ2) is 4.32. The lowest BCUT2D eigenvalue weighted by Gasteiger charge is -2.07. The number of hydrogen-bond acceptors (Lipinski definition) is 3. The predicted molar refractivity (Wildman–Crippen MR) is 48.8 cm³/mol. The minimum Gasteiger partial charge on any atom is -0.274 e. The molecule has 3 nitrogen and oxygen atoms in total. The van der Waals surface area contributed by atoms with Crippen LogP contribution in [0.25, 0.3) is 0 Å². The standard InChI is InChI=1S/C9H5ClF2N2O/c1-4-7(9(11)12)5(3-13)2-6(14-4)8(10)15/h2,9H,1H3. The molecular weight excluding hydrogens is 226 g/mol. The van der Waals surface area contributed by atoms with Crippen LogP contribution in [-0.4, -0.2) is 10.2 Å². The Labute approximate surface area is 89.3 Å². The first-order chi connectivity index (χ1) is 6.97. The summed E-state index contributed by atoms with van der Waals surface area (Å²) in [5.74, 6) is 0. The van der Waals surface area contributed by atoms with Gasteiger partial charge in [0, 0.05) is 5.69 Å². The molecule has 0 aliphatic rings. The lowest BCUT2D eigenvalue weighted by Crippen LogP contribution is -2.04. The van der Waals surface area contributed by atoms with Crippen molar-refractivity contribution in [1.82, 2.24) is 4.98 Å². The summed E-state index contributed by atoms with van der Waals surface area (Å²) in [6.07, 6.45) is -2.80. The Bertz CT molecular complexity index is 454. The van der Waals surface area contributed by atoms with Crippen molar-refractivity contribution < 1.29 is 13.6 Å². The van der Waals surface area contributed by atoms with Crippen molar-refractivity contribution in [1.29, 1.82) is 5.26 Å². The maximum absolute atomic E-state index is 12.5. The zero-order valence-corrected chi connectivity index (χ0v) is 8.35. The highest BCUT2D eigenvalue weighted by Gasteiger charge is 2.19. The van der Waals surface area contributed by atoms with Gasteiger partial charge in [-0.3, -0.25) is 4.79 Å². The first-order valence-corrected chi connectivity index (χ1v) is 4.24. The number of nitrogens with zero attached hydrogens (tertiary/aromatic N) is 2. The van der Waals surface area contributed by atoms with Crippen molar-refractivity contribution in [2.75, 3.05) is 0 Å². The molecule has 6 heteroatoms. The third kappa shape index (κ3) is 2.28. The van der Waals surface area contributed by atoms with Crippen molar-refractivity contribution in [3.8, 4) is 6.07 Å². The van der Waals surface area contributed by atoms with Crippen LogP contribution in [0.2, 0.25) is 0 Å². The number of halogens is 3. The Balaban J connectivity index is 3.46. The Hall–Kier alpha value is -1.54. The summed E-state index contributed by atoms with van der Waals surface area (Å²) in [6.45, 7) is 1.30. The highest BCUT2D eigenvalue weighted by atomic mass is 35.5. The number of hydrogen-bond donors (Lipinski definition) is 0. The van der Waals surface area contributed by atoms with E-state index in [2.05, 4.69) is 4.98 Å². The summed E-state index contributed by atoms with van der Waals surface area (Å²) in [5, 5.41) is 7.75. The van der Waals surface area contributed by atoms with Gasteiger partial charge in [0.05, 0.1) is 17.2 Å². The van der Waals surface area contributed by atoms with Gasteiger partial charge in [0.25, 0.3) is 11.7 Å². The molecule has 0 saturated carbocycles. The molecule has 0 aromatic carbocycles. The van der Waals surface area contributed by atoms with E-state index < -0.39 is 17.2 Å². The Kier molecular flexibility index (Phi) is 3.32. The van der Waals surface area contributed by atoms with E-state index in [1.54, 1.807) is 6.07 Å². The lowest BCUT2D eigenvalue weighted by atomic mass is 10.1. The second-order valence-electron chi connectivity index (χ2n) is 2.74. The van der Waals surface area contributed by atoms with Gasteiger partial charge in [-0.2, -0.15) is 5.26 Å². The van der Waals surface area contributed by atoms with Gasteiger partial charge in [0.2, 0.25) is 0 Å². The Morgan fingerprint density at radius 2 is 2.27 bits per heavy atom. The van der Waals surface area contributed by atoms with Gasteiger partial charge < -0.3 is 0 Å². The first-order valence-electron chi connectivity index (χ1n) is 3.87. The molecule has 0 saturated heterocycles. The van der Waals surface area contributed by atoms with Gasteiger partial charge in [-0.15, -0.1) is 0 Å². The maximum Gasteiger partial charge on any atom is 0.270 e. The summed E-state index contributed by atoms with van der Waals surface area (Å²) in [4.78, 5) is 14.3. The van der Waals surface area contributed by atoms with Crippen molar-refractivity contribution in [3.63, 3.8) is 0 Å². The highest BCUT2D eigenvalue weighted by molar-refractivity contribution is 6.67. The molecule has 0 aliphatic carbocycles. The van der Waals surface area contributed by atoms with Crippen LogP contribution in [0.4, 0.5) is 8.78 Å². The van der Waals surface area contributed by atoms with Crippen LogP contribution in [-0.2, 0) is 0 Å². The first kappa shape index (κ1) is 11.5. The van der Waals surface area contributed by atoms with Crippen LogP contribution in [0, 0.1) is 18.3 Å². The monoisotopic (exact) mass is 230 g/mol. The molecule has 78 valence electrons. The van der Waals surface area contributed by atoms with Crippen LogP contribution in [0.5, 0.6) is 0 Å². The van der Waals surface area contributed by atoms with E-state index in [4.69, 9.17) is 16.9 Å². The van der Waals surface area contributed by atoms with Crippen LogP contribution in [0.3, 0.4) is 0 Å². The van der Waals surface area contributed by atoms with E-state index in [-0.39, 0.29) is 17.0 Å². The minimum absolute atomic E-state index is 0.0620. The predicted octanol–water partition coefficient (Wildman–Crippen LogP) is 2.58. The zero-order valence-electron chi connectivity index (χ0n) is 7.59.